The van der Waals surface area contributed by atoms with Crippen LogP contribution in [0.5, 0.6) is 0 Å². The van der Waals surface area contributed by atoms with E-state index in [4.69, 9.17) is 5.73 Å². The summed E-state index contributed by atoms with van der Waals surface area (Å²) in [4.78, 5) is 2.60. The SMILES string of the molecule is CCCC1CCCN(CCCC(N)(CC)CO)CC1. The minimum Gasteiger partial charge on any atom is -0.394 e. The third-order valence-corrected chi connectivity index (χ3v) is 4.81. The van der Waals surface area contributed by atoms with Crippen LogP contribution in [0.2, 0.25) is 0 Å². The predicted molar refractivity (Wildman–Crippen MR) is 82.2 cm³/mol. The molecule has 3 heteroatoms. The Balaban J connectivity index is 2.23. The first-order chi connectivity index (χ1) is 9.13. The van der Waals surface area contributed by atoms with Crippen LogP contribution in [0.3, 0.4) is 0 Å². The molecule has 2 unspecified atom stereocenters. The Labute approximate surface area is 119 Å². The second kappa shape index (κ2) is 8.93. The second-order valence-corrected chi connectivity index (χ2v) is 6.40. The average molecular weight is 270 g/mol. The monoisotopic (exact) mass is 270 g/mol. The zero-order valence-electron chi connectivity index (χ0n) is 13.0. The molecule has 0 amide bonds. The maximum Gasteiger partial charge on any atom is 0.0611 e. The van der Waals surface area contributed by atoms with Gasteiger partial charge in [-0.2, -0.15) is 0 Å². The lowest BCUT2D eigenvalue weighted by molar-refractivity contribution is 0.172. The summed E-state index contributed by atoms with van der Waals surface area (Å²) in [6.07, 6.45) is 9.78. The summed E-state index contributed by atoms with van der Waals surface area (Å²) < 4.78 is 0. The number of aliphatic hydroxyl groups excluding tert-OH is 1. The van der Waals surface area contributed by atoms with Crippen LogP contribution in [0.4, 0.5) is 0 Å². The fourth-order valence-corrected chi connectivity index (χ4v) is 3.17. The fraction of sp³-hybridized carbons (Fsp3) is 1.00. The Bertz CT molecular complexity index is 229. The van der Waals surface area contributed by atoms with Gasteiger partial charge in [0, 0.05) is 5.54 Å². The van der Waals surface area contributed by atoms with E-state index in [1.165, 1.54) is 45.2 Å². The Kier molecular flexibility index (Phi) is 7.96. The average Bonchev–Trinajstić information content (AvgIpc) is 2.65. The Morgan fingerprint density at radius 1 is 1.26 bits per heavy atom. The lowest BCUT2D eigenvalue weighted by Gasteiger charge is -2.27. The number of likely N-dealkylation sites (tertiary alicyclic amines) is 1. The molecule has 1 fully saturated rings. The quantitative estimate of drug-likeness (QED) is 0.713. The third-order valence-electron chi connectivity index (χ3n) is 4.81. The van der Waals surface area contributed by atoms with Gasteiger partial charge >= 0.3 is 0 Å². The van der Waals surface area contributed by atoms with Gasteiger partial charge in [0.05, 0.1) is 6.61 Å². The molecule has 0 bridgehead atoms. The van der Waals surface area contributed by atoms with E-state index in [0.717, 1.165) is 31.7 Å². The summed E-state index contributed by atoms with van der Waals surface area (Å²) >= 11 is 0. The first-order valence-electron chi connectivity index (χ1n) is 8.25. The van der Waals surface area contributed by atoms with Gasteiger partial charge < -0.3 is 15.7 Å². The fourth-order valence-electron chi connectivity index (χ4n) is 3.17. The number of nitrogens with zero attached hydrogens (tertiary/aromatic N) is 1. The van der Waals surface area contributed by atoms with Gasteiger partial charge in [-0.15, -0.1) is 0 Å². The lowest BCUT2D eigenvalue weighted by Crippen LogP contribution is -2.43. The summed E-state index contributed by atoms with van der Waals surface area (Å²) in [5.41, 5.74) is 5.79. The van der Waals surface area contributed by atoms with E-state index >= 15 is 0 Å². The van der Waals surface area contributed by atoms with E-state index in [9.17, 15) is 5.11 Å². The molecule has 114 valence electrons. The highest BCUT2D eigenvalue weighted by Crippen LogP contribution is 2.22. The molecule has 0 saturated carbocycles. The van der Waals surface area contributed by atoms with Gasteiger partial charge in [-0.1, -0.05) is 26.7 Å². The van der Waals surface area contributed by atoms with Crippen molar-refractivity contribution in [1.29, 1.82) is 0 Å². The van der Waals surface area contributed by atoms with Crippen molar-refractivity contribution >= 4 is 0 Å². The smallest absolute Gasteiger partial charge is 0.0611 e. The Morgan fingerprint density at radius 2 is 2.05 bits per heavy atom. The molecule has 2 atom stereocenters. The molecule has 1 aliphatic heterocycles. The molecule has 1 heterocycles. The van der Waals surface area contributed by atoms with Crippen molar-refractivity contribution in [3.8, 4) is 0 Å². The number of nitrogens with two attached hydrogens (primary N) is 1. The van der Waals surface area contributed by atoms with Crippen molar-refractivity contribution in [2.45, 2.75) is 70.8 Å². The summed E-state index contributed by atoms with van der Waals surface area (Å²) in [5.74, 6) is 0.955. The van der Waals surface area contributed by atoms with E-state index in [2.05, 4.69) is 18.7 Å². The van der Waals surface area contributed by atoms with Crippen molar-refractivity contribution in [2.24, 2.45) is 11.7 Å². The van der Waals surface area contributed by atoms with Gasteiger partial charge in [-0.05, 0) is 64.1 Å². The standard InChI is InChI=1S/C16H34N2O/c1-3-7-15-8-5-11-18(13-9-15)12-6-10-16(17,4-2)14-19/h15,19H,3-14,17H2,1-2H3. The Hall–Kier alpha value is -0.120. The molecule has 0 aliphatic carbocycles. The minimum atomic E-state index is -0.351. The maximum atomic E-state index is 9.32. The topological polar surface area (TPSA) is 49.5 Å². The highest BCUT2D eigenvalue weighted by molar-refractivity contribution is 4.82. The van der Waals surface area contributed by atoms with E-state index < -0.39 is 0 Å². The molecule has 1 aliphatic rings. The van der Waals surface area contributed by atoms with Crippen molar-refractivity contribution in [3.63, 3.8) is 0 Å². The highest BCUT2D eigenvalue weighted by atomic mass is 16.3. The van der Waals surface area contributed by atoms with Crippen LogP contribution in [-0.2, 0) is 0 Å². The van der Waals surface area contributed by atoms with Crippen LogP contribution in [0.25, 0.3) is 0 Å². The van der Waals surface area contributed by atoms with Gasteiger partial charge in [-0.3, -0.25) is 0 Å². The normalized spacial score (nSPS) is 24.9. The molecule has 19 heavy (non-hydrogen) atoms. The van der Waals surface area contributed by atoms with E-state index in [0.29, 0.717) is 0 Å². The van der Waals surface area contributed by atoms with Gasteiger partial charge in [0.15, 0.2) is 0 Å². The molecule has 0 radical (unpaired) electrons. The van der Waals surface area contributed by atoms with Crippen molar-refractivity contribution in [2.75, 3.05) is 26.2 Å². The summed E-state index contributed by atoms with van der Waals surface area (Å²) in [7, 11) is 0. The van der Waals surface area contributed by atoms with Crippen LogP contribution in [-0.4, -0.2) is 41.8 Å². The van der Waals surface area contributed by atoms with Crippen LogP contribution < -0.4 is 5.73 Å². The van der Waals surface area contributed by atoms with Crippen LogP contribution in [0, 0.1) is 5.92 Å². The number of hydrogen-bond acceptors (Lipinski definition) is 3. The molecule has 1 saturated heterocycles. The molecule has 3 N–H and O–H groups in total. The van der Waals surface area contributed by atoms with Crippen LogP contribution in [0.1, 0.15) is 65.2 Å². The largest absolute Gasteiger partial charge is 0.394 e. The molecular weight excluding hydrogens is 236 g/mol. The van der Waals surface area contributed by atoms with Gasteiger partial charge in [0.25, 0.3) is 0 Å². The molecule has 1 rings (SSSR count). The summed E-state index contributed by atoms with van der Waals surface area (Å²) in [6.45, 7) is 8.14. The molecule has 0 aromatic carbocycles. The lowest BCUT2D eigenvalue weighted by atomic mass is 9.92. The van der Waals surface area contributed by atoms with Crippen LogP contribution >= 0.6 is 0 Å². The highest BCUT2D eigenvalue weighted by Gasteiger charge is 2.22. The van der Waals surface area contributed by atoms with E-state index in [1.807, 2.05) is 0 Å². The van der Waals surface area contributed by atoms with Gasteiger partial charge in [0.1, 0.15) is 0 Å². The first kappa shape index (κ1) is 16.9. The summed E-state index contributed by atoms with van der Waals surface area (Å²) in [5, 5.41) is 9.32. The van der Waals surface area contributed by atoms with E-state index in [1.54, 1.807) is 0 Å². The van der Waals surface area contributed by atoms with Crippen molar-refractivity contribution in [1.82, 2.24) is 4.90 Å². The molecular formula is C16H34N2O. The van der Waals surface area contributed by atoms with Crippen molar-refractivity contribution in [3.05, 3.63) is 0 Å². The predicted octanol–water partition coefficient (Wildman–Crippen LogP) is 2.77. The zero-order chi connectivity index (χ0) is 14.1. The zero-order valence-corrected chi connectivity index (χ0v) is 13.0. The summed E-state index contributed by atoms with van der Waals surface area (Å²) in [6, 6.07) is 0. The van der Waals surface area contributed by atoms with Crippen LogP contribution in [0.15, 0.2) is 0 Å². The number of aliphatic hydroxyl groups is 1. The van der Waals surface area contributed by atoms with Crippen molar-refractivity contribution < 1.29 is 5.11 Å². The van der Waals surface area contributed by atoms with E-state index in [-0.39, 0.29) is 12.1 Å². The second-order valence-electron chi connectivity index (χ2n) is 6.40. The number of rotatable bonds is 8. The third kappa shape index (κ3) is 6.24. The maximum absolute atomic E-state index is 9.32. The molecule has 3 nitrogen and oxygen atoms in total. The first-order valence-corrected chi connectivity index (χ1v) is 8.25. The van der Waals surface area contributed by atoms with Gasteiger partial charge in [0.2, 0.25) is 0 Å². The molecule has 0 aromatic heterocycles. The number of hydrogen-bond donors (Lipinski definition) is 2. The van der Waals surface area contributed by atoms with Gasteiger partial charge in [-0.25, -0.2) is 0 Å². The molecule has 0 spiro atoms. The minimum absolute atomic E-state index is 0.113. The molecule has 0 aromatic rings. The Morgan fingerprint density at radius 3 is 2.68 bits per heavy atom.